The van der Waals surface area contributed by atoms with Crippen LogP contribution in [0, 0.1) is 6.07 Å². The van der Waals surface area contributed by atoms with E-state index in [4.69, 9.17) is 5.11 Å². The van der Waals surface area contributed by atoms with Crippen LogP contribution in [-0.4, -0.2) is 23.4 Å². The second-order valence-corrected chi connectivity index (χ2v) is 2.46. The van der Waals surface area contributed by atoms with Gasteiger partial charge in [-0.15, -0.1) is 0 Å². The molecule has 1 rings (SSSR count). The highest BCUT2D eigenvalue weighted by molar-refractivity contribution is 5.30. The van der Waals surface area contributed by atoms with Crippen LogP contribution in [0.4, 0.5) is 0 Å². The van der Waals surface area contributed by atoms with Gasteiger partial charge in [0.1, 0.15) is 5.75 Å². The Hall–Kier alpha value is -1.06. The molecule has 3 heteroatoms. The molecule has 0 bridgehead atoms. The van der Waals surface area contributed by atoms with E-state index in [1.165, 1.54) is 6.07 Å². The number of aliphatic hydroxyl groups is 1. The molecule has 1 aromatic rings. The van der Waals surface area contributed by atoms with Crippen LogP contribution in [0.25, 0.3) is 0 Å². The minimum absolute atomic E-state index is 0.111. The van der Waals surface area contributed by atoms with E-state index in [2.05, 4.69) is 11.4 Å². The first-order valence-corrected chi connectivity index (χ1v) is 3.84. The topological polar surface area (TPSA) is 52.5 Å². The van der Waals surface area contributed by atoms with Crippen molar-refractivity contribution >= 4 is 0 Å². The van der Waals surface area contributed by atoms with Gasteiger partial charge in [0, 0.05) is 18.7 Å². The second-order valence-electron chi connectivity index (χ2n) is 2.46. The Kier molecular flexibility index (Phi) is 3.57. The molecule has 0 heterocycles. The highest BCUT2D eigenvalue weighted by Crippen LogP contribution is 2.13. The molecule has 1 radical (unpaired) electrons. The van der Waals surface area contributed by atoms with Crippen molar-refractivity contribution in [2.24, 2.45) is 0 Å². The third kappa shape index (κ3) is 2.53. The number of aliphatic hydroxyl groups excluding tert-OH is 1. The lowest BCUT2D eigenvalue weighted by Gasteiger charge is -2.04. The minimum atomic E-state index is 0.111. The molecule has 12 heavy (non-hydrogen) atoms. The number of nitrogens with one attached hydrogen (secondary N) is 1. The summed E-state index contributed by atoms with van der Waals surface area (Å²) >= 11 is 0. The Morgan fingerprint density at radius 3 is 3.00 bits per heavy atom. The van der Waals surface area contributed by atoms with Crippen molar-refractivity contribution < 1.29 is 10.2 Å². The monoisotopic (exact) mass is 166 g/mol. The zero-order valence-electron chi connectivity index (χ0n) is 6.75. The van der Waals surface area contributed by atoms with Crippen molar-refractivity contribution in [2.45, 2.75) is 6.54 Å². The van der Waals surface area contributed by atoms with Crippen molar-refractivity contribution in [3.63, 3.8) is 0 Å². The lowest BCUT2D eigenvalue weighted by Crippen LogP contribution is -2.17. The van der Waals surface area contributed by atoms with E-state index in [1.807, 2.05) is 0 Å². The molecular formula is C9H12NO2. The Balaban J connectivity index is 2.46. The number of rotatable bonds is 4. The maximum atomic E-state index is 9.28. The van der Waals surface area contributed by atoms with Crippen LogP contribution in [0.3, 0.4) is 0 Å². The van der Waals surface area contributed by atoms with Gasteiger partial charge in [-0.3, -0.25) is 0 Å². The fraction of sp³-hybridized carbons (Fsp3) is 0.333. The summed E-state index contributed by atoms with van der Waals surface area (Å²) in [7, 11) is 0. The predicted octanol–water partition coefficient (Wildman–Crippen LogP) is 0.274. The average Bonchev–Trinajstić information content (AvgIpc) is 2.09. The molecule has 0 spiro atoms. The molecule has 3 N–H and O–H groups in total. The van der Waals surface area contributed by atoms with Gasteiger partial charge in [-0.05, 0) is 12.1 Å². The lowest BCUT2D eigenvalue weighted by atomic mass is 10.2. The number of phenolic OH excluding ortho intramolecular Hbond substituents is 1. The van der Waals surface area contributed by atoms with Crippen molar-refractivity contribution in [1.82, 2.24) is 5.32 Å². The van der Waals surface area contributed by atoms with Crippen LogP contribution in [0.15, 0.2) is 18.2 Å². The second kappa shape index (κ2) is 4.74. The smallest absolute Gasteiger partial charge is 0.120 e. The van der Waals surface area contributed by atoms with Crippen LogP contribution in [0.2, 0.25) is 0 Å². The number of benzene rings is 1. The number of aromatic hydroxyl groups is 1. The van der Waals surface area contributed by atoms with Crippen LogP contribution >= 0.6 is 0 Å². The molecule has 0 saturated heterocycles. The Morgan fingerprint density at radius 1 is 1.50 bits per heavy atom. The Morgan fingerprint density at radius 2 is 2.33 bits per heavy atom. The number of phenols is 1. The number of hydrogen-bond acceptors (Lipinski definition) is 3. The van der Waals surface area contributed by atoms with Gasteiger partial charge in [-0.2, -0.15) is 0 Å². The fourth-order valence-electron chi connectivity index (χ4n) is 0.905. The van der Waals surface area contributed by atoms with Gasteiger partial charge in [0.2, 0.25) is 0 Å². The van der Waals surface area contributed by atoms with Gasteiger partial charge in [0.15, 0.2) is 0 Å². The quantitative estimate of drug-likeness (QED) is 0.563. The highest BCUT2D eigenvalue weighted by Gasteiger charge is 1.97. The first kappa shape index (κ1) is 9.03. The van der Waals surface area contributed by atoms with E-state index in [0.717, 1.165) is 5.56 Å². The SMILES string of the molecule is OCCNCc1cc[c]cc1O. The van der Waals surface area contributed by atoms with Crippen molar-refractivity contribution in [3.8, 4) is 5.75 Å². The van der Waals surface area contributed by atoms with E-state index >= 15 is 0 Å². The summed E-state index contributed by atoms with van der Waals surface area (Å²) in [5.74, 6) is 0.239. The van der Waals surface area contributed by atoms with Crippen molar-refractivity contribution in [1.29, 1.82) is 0 Å². The van der Waals surface area contributed by atoms with E-state index in [1.54, 1.807) is 12.1 Å². The van der Waals surface area contributed by atoms with Gasteiger partial charge in [-0.1, -0.05) is 12.1 Å². The van der Waals surface area contributed by atoms with E-state index in [9.17, 15) is 5.11 Å². The average molecular weight is 166 g/mol. The van der Waals surface area contributed by atoms with E-state index in [0.29, 0.717) is 13.1 Å². The van der Waals surface area contributed by atoms with E-state index in [-0.39, 0.29) is 12.4 Å². The summed E-state index contributed by atoms with van der Waals surface area (Å²) < 4.78 is 0. The maximum absolute atomic E-state index is 9.28. The van der Waals surface area contributed by atoms with Crippen molar-refractivity contribution in [3.05, 3.63) is 29.8 Å². The standard InChI is InChI=1S/C9H12NO2/c11-6-5-10-7-8-3-1-2-4-9(8)12/h1,3-4,10-12H,5-7H2. The third-order valence-corrected chi connectivity index (χ3v) is 1.53. The molecule has 1 aromatic carbocycles. The Bertz CT molecular complexity index is 238. The fourth-order valence-corrected chi connectivity index (χ4v) is 0.905. The van der Waals surface area contributed by atoms with Crippen LogP contribution < -0.4 is 5.32 Å². The summed E-state index contributed by atoms with van der Waals surface area (Å²) in [4.78, 5) is 0. The normalized spacial score (nSPS) is 10.1. The zero-order valence-corrected chi connectivity index (χ0v) is 6.75. The molecule has 3 nitrogen and oxygen atoms in total. The van der Waals surface area contributed by atoms with Gasteiger partial charge in [0.05, 0.1) is 6.61 Å². The molecular weight excluding hydrogens is 154 g/mol. The molecule has 65 valence electrons. The van der Waals surface area contributed by atoms with Gasteiger partial charge in [-0.25, -0.2) is 0 Å². The molecule has 0 aliphatic rings. The maximum Gasteiger partial charge on any atom is 0.120 e. The molecule has 0 aliphatic heterocycles. The van der Waals surface area contributed by atoms with Crippen LogP contribution in [-0.2, 0) is 6.54 Å². The summed E-state index contributed by atoms with van der Waals surface area (Å²) in [6.07, 6.45) is 0. The third-order valence-electron chi connectivity index (χ3n) is 1.53. The summed E-state index contributed by atoms with van der Waals surface area (Å²) in [5.41, 5.74) is 0.821. The first-order chi connectivity index (χ1) is 5.84. The highest BCUT2D eigenvalue weighted by atomic mass is 16.3. The molecule has 0 atom stereocenters. The molecule has 0 aromatic heterocycles. The van der Waals surface area contributed by atoms with Crippen LogP contribution in [0.5, 0.6) is 5.75 Å². The predicted molar refractivity (Wildman–Crippen MR) is 45.7 cm³/mol. The van der Waals surface area contributed by atoms with E-state index < -0.39 is 0 Å². The minimum Gasteiger partial charge on any atom is -0.508 e. The number of hydrogen-bond donors (Lipinski definition) is 3. The first-order valence-electron chi connectivity index (χ1n) is 3.84. The van der Waals surface area contributed by atoms with Gasteiger partial charge >= 0.3 is 0 Å². The van der Waals surface area contributed by atoms with Gasteiger partial charge < -0.3 is 15.5 Å². The summed E-state index contributed by atoms with van der Waals surface area (Å²) in [6.45, 7) is 1.22. The molecule has 0 saturated carbocycles. The van der Waals surface area contributed by atoms with Crippen LogP contribution in [0.1, 0.15) is 5.56 Å². The Labute approximate surface area is 71.7 Å². The molecule has 0 amide bonds. The molecule has 0 fully saturated rings. The zero-order chi connectivity index (χ0) is 8.81. The molecule has 0 unspecified atom stereocenters. The lowest BCUT2D eigenvalue weighted by molar-refractivity contribution is 0.291. The van der Waals surface area contributed by atoms with Crippen molar-refractivity contribution in [2.75, 3.05) is 13.2 Å². The molecule has 0 aliphatic carbocycles. The summed E-state index contributed by atoms with van der Waals surface area (Å²) in [6, 6.07) is 7.83. The summed E-state index contributed by atoms with van der Waals surface area (Å²) in [5, 5.41) is 20.7. The largest absolute Gasteiger partial charge is 0.508 e. The van der Waals surface area contributed by atoms with Gasteiger partial charge in [0.25, 0.3) is 0 Å².